The first kappa shape index (κ1) is 12.6. The van der Waals surface area contributed by atoms with Crippen LogP contribution in [0.4, 0.5) is 5.69 Å². The van der Waals surface area contributed by atoms with E-state index in [1.165, 1.54) is 17.1 Å². The van der Waals surface area contributed by atoms with Crippen LogP contribution in [0.2, 0.25) is 0 Å². The van der Waals surface area contributed by atoms with Gasteiger partial charge < -0.3 is 5.11 Å². The van der Waals surface area contributed by atoms with Crippen LogP contribution in [0.3, 0.4) is 0 Å². The van der Waals surface area contributed by atoms with Crippen LogP contribution in [0.15, 0.2) is 41.6 Å². The lowest BCUT2D eigenvalue weighted by molar-refractivity contribution is 0.282. The van der Waals surface area contributed by atoms with E-state index in [1.807, 2.05) is 0 Å². The van der Waals surface area contributed by atoms with Crippen LogP contribution in [-0.2, 0) is 23.7 Å². The van der Waals surface area contributed by atoms with E-state index in [9.17, 15) is 8.42 Å². The number of nitrogens with zero attached hydrogens (tertiary/aromatic N) is 2. The SMILES string of the molecule is Cn1cc(S(=O)(=O)Nc2ccc(CO)cc2)cn1. The average molecular weight is 267 g/mol. The minimum absolute atomic E-state index is 0.0738. The zero-order chi connectivity index (χ0) is 13.2. The molecule has 1 aromatic heterocycles. The second-order valence-electron chi connectivity index (χ2n) is 3.81. The average Bonchev–Trinajstić information content (AvgIpc) is 2.77. The minimum Gasteiger partial charge on any atom is -0.392 e. The molecule has 18 heavy (non-hydrogen) atoms. The lowest BCUT2D eigenvalue weighted by atomic mass is 10.2. The summed E-state index contributed by atoms with van der Waals surface area (Å²) in [5.74, 6) is 0. The molecule has 0 aliphatic rings. The lowest BCUT2D eigenvalue weighted by Crippen LogP contribution is -2.12. The zero-order valence-corrected chi connectivity index (χ0v) is 10.6. The summed E-state index contributed by atoms with van der Waals surface area (Å²) in [7, 11) is -1.96. The smallest absolute Gasteiger partial charge is 0.265 e. The van der Waals surface area contributed by atoms with Gasteiger partial charge in [-0.3, -0.25) is 9.40 Å². The summed E-state index contributed by atoms with van der Waals surface area (Å²) in [5, 5.41) is 12.7. The summed E-state index contributed by atoms with van der Waals surface area (Å²) in [6.45, 7) is -0.0738. The minimum atomic E-state index is -3.61. The van der Waals surface area contributed by atoms with Crippen molar-refractivity contribution in [2.24, 2.45) is 7.05 Å². The standard InChI is InChI=1S/C11H13N3O3S/c1-14-7-11(6-12-14)18(16,17)13-10-4-2-9(8-15)3-5-10/h2-7,13,15H,8H2,1H3. The van der Waals surface area contributed by atoms with E-state index in [-0.39, 0.29) is 11.5 Å². The van der Waals surface area contributed by atoms with Crippen molar-refractivity contribution < 1.29 is 13.5 Å². The van der Waals surface area contributed by atoms with Crippen molar-refractivity contribution in [3.05, 3.63) is 42.2 Å². The molecule has 2 N–H and O–H groups in total. The van der Waals surface area contributed by atoms with Gasteiger partial charge in [0.1, 0.15) is 4.90 Å². The van der Waals surface area contributed by atoms with Crippen LogP contribution in [0, 0.1) is 0 Å². The summed E-state index contributed by atoms with van der Waals surface area (Å²) in [5.41, 5.74) is 1.16. The van der Waals surface area contributed by atoms with Gasteiger partial charge in [-0.25, -0.2) is 8.42 Å². The molecule has 0 bridgehead atoms. The third-order valence-electron chi connectivity index (χ3n) is 2.38. The number of anilines is 1. The van der Waals surface area contributed by atoms with Crippen LogP contribution in [0.5, 0.6) is 0 Å². The molecule has 0 unspecified atom stereocenters. The van der Waals surface area contributed by atoms with E-state index in [1.54, 1.807) is 31.3 Å². The van der Waals surface area contributed by atoms with Gasteiger partial charge in [0.05, 0.1) is 12.8 Å². The maximum absolute atomic E-state index is 12.0. The predicted molar refractivity (Wildman–Crippen MR) is 66.4 cm³/mol. The lowest BCUT2D eigenvalue weighted by Gasteiger charge is -2.06. The highest BCUT2D eigenvalue weighted by Crippen LogP contribution is 2.15. The third-order valence-corrected chi connectivity index (χ3v) is 3.72. The molecule has 0 radical (unpaired) electrons. The van der Waals surface area contributed by atoms with Crippen molar-refractivity contribution in [3.63, 3.8) is 0 Å². The molecule has 2 aromatic rings. The van der Waals surface area contributed by atoms with E-state index in [4.69, 9.17) is 5.11 Å². The Morgan fingerprint density at radius 2 is 2.00 bits per heavy atom. The van der Waals surface area contributed by atoms with Gasteiger partial charge in [0.25, 0.3) is 10.0 Å². The molecule has 1 aromatic carbocycles. The van der Waals surface area contributed by atoms with Gasteiger partial charge in [0.15, 0.2) is 0 Å². The van der Waals surface area contributed by atoms with Crippen molar-refractivity contribution in [2.45, 2.75) is 11.5 Å². The molecule has 1 heterocycles. The van der Waals surface area contributed by atoms with Crippen LogP contribution in [-0.4, -0.2) is 23.3 Å². The number of hydrogen-bond donors (Lipinski definition) is 2. The fourth-order valence-electron chi connectivity index (χ4n) is 1.43. The van der Waals surface area contributed by atoms with Gasteiger partial charge in [-0.2, -0.15) is 5.10 Å². The Hall–Kier alpha value is -1.86. The zero-order valence-electron chi connectivity index (χ0n) is 9.74. The molecule has 0 saturated carbocycles. The molecule has 0 atom stereocenters. The fourth-order valence-corrected chi connectivity index (χ4v) is 2.47. The normalized spacial score (nSPS) is 11.4. The number of aliphatic hydroxyl groups excluding tert-OH is 1. The highest BCUT2D eigenvalue weighted by molar-refractivity contribution is 7.92. The predicted octanol–water partition coefficient (Wildman–Crippen LogP) is 0.713. The number of hydrogen-bond acceptors (Lipinski definition) is 4. The van der Waals surface area contributed by atoms with Crippen LogP contribution < -0.4 is 4.72 Å². The van der Waals surface area contributed by atoms with E-state index in [0.717, 1.165) is 5.56 Å². The number of aryl methyl sites for hydroxylation is 1. The van der Waals surface area contributed by atoms with Gasteiger partial charge in [-0.15, -0.1) is 0 Å². The number of sulfonamides is 1. The van der Waals surface area contributed by atoms with Crippen molar-refractivity contribution in [2.75, 3.05) is 4.72 Å². The first-order valence-electron chi connectivity index (χ1n) is 5.22. The first-order valence-corrected chi connectivity index (χ1v) is 6.71. The Bertz CT molecular complexity index is 632. The molecule has 7 heteroatoms. The fraction of sp³-hybridized carbons (Fsp3) is 0.182. The van der Waals surface area contributed by atoms with Gasteiger partial charge >= 0.3 is 0 Å². The molecule has 0 aliphatic heterocycles. The topological polar surface area (TPSA) is 84.2 Å². The van der Waals surface area contributed by atoms with Crippen LogP contribution in [0.1, 0.15) is 5.56 Å². The molecule has 0 saturated heterocycles. The highest BCUT2D eigenvalue weighted by atomic mass is 32.2. The molecule has 0 aliphatic carbocycles. The van der Waals surface area contributed by atoms with E-state index in [2.05, 4.69) is 9.82 Å². The van der Waals surface area contributed by atoms with Crippen LogP contribution >= 0.6 is 0 Å². The van der Waals surface area contributed by atoms with Crippen molar-refractivity contribution in [1.29, 1.82) is 0 Å². The highest BCUT2D eigenvalue weighted by Gasteiger charge is 2.15. The number of rotatable bonds is 4. The first-order chi connectivity index (χ1) is 8.51. The van der Waals surface area contributed by atoms with Gasteiger partial charge in [0.2, 0.25) is 0 Å². The summed E-state index contributed by atoms with van der Waals surface area (Å²) in [6.07, 6.45) is 2.70. The van der Waals surface area contributed by atoms with Gasteiger partial charge in [-0.05, 0) is 17.7 Å². The number of aliphatic hydroxyl groups is 1. The summed E-state index contributed by atoms with van der Waals surface area (Å²) < 4.78 is 27.8. The Labute approximate surface area is 105 Å². The molecule has 6 nitrogen and oxygen atoms in total. The van der Waals surface area contributed by atoms with E-state index < -0.39 is 10.0 Å². The van der Waals surface area contributed by atoms with E-state index in [0.29, 0.717) is 5.69 Å². The van der Waals surface area contributed by atoms with Crippen molar-refractivity contribution >= 4 is 15.7 Å². The molecule has 0 spiro atoms. The molecule has 0 amide bonds. The second kappa shape index (κ2) is 4.79. The maximum Gasteiger partial charge on any atom is 0.265 e. The number of nitrogens with one attached hydrogen (secondary N) is 1. The summed E-state index contributed by atoms with van der Waals surface area (Å²) in [6, 6.07) is 6.50. The Morgan fingerprint density at radius 3 is 2.50 bits per heavy atom. The summed E-state index contributed by atoms with van der Waals surface area (Å²) >= 11 is 0. The van der Waals surface area contributed by atoms with E-state index >= 15 is 0 Å². The maximum atomic E-state index is 12.0. The number of benzene rings is 1. The molecule has 2 rings (SSSR count). The largest absolute Gasteiger partial charge is 0.392 e. The van der Waals surface area contributed by atoms with Gasteiger partial charge in [-0.1, -0.05) is 12.1 Å². The molecule has 0 fully saturated rings. The Morgan fingerprint density at radius 1 is 1.33 bits per heavy atom. The monoisotopic (exact) mass is 267 g/mol. The Balaban J connectivity index is 2.22. The third kappa shape index (κ3) is 2.69. The summed E-state index contributed by atoms with van der Waals surface area (Å²) in [4.78, 5) is 0.108. The Kier molecular flexibility index (Phi) is 3.35. The molecular weight excluding hydrogens is 254 g/mol. The second-order valence-corrected chi connectivity index (χ2v) is 5.49. The molecular formula is C11H13N3O3S. The van der Waals surface area contributed by atoms with Crippen LogP contribution in [0.25, 0.3) is 0 Å². The molecule has 96 valence electrons. The van der Waals surface area contributed by atoms with Crippen molar-refractivity contribution in [3.8, 4) is 0 Å². The van der Waals surface area contributed by atoms with Gasteiger partial charge in [0, 0.05) is 18.9 Å². The quantitative estimate of drug-likeness (QED) is 0.854. The number of aromatic nitrogens is 2. The van der Waals surface area contributed by atoms with Crippen molar-refractivity contribution in [1.82, 2.24) is 9.78 Å².